The van der Waals surface area contributed by atoms with Crippen molar-refractivity contribution in [2.45, 2.75) is 44.6 Å². The Hall–Kier alpha value is -1.53. The third kappa shape index (κ3) is 3.10. The van der Waals surface area contributed by atoms with Crippen molar-refractivity contribution in [2.24, 2.45) is 11.8 Å². The molecule has 122 valence electrons. The Labute approximate surface area is 139 Å². The Balaban J connectivity index is 1.29. The molecule has 0 spiro atoms. The van der Waals surface area contributed by atoms with E-state index in [1.165, 1.54) is 63.1 Å². The summed E-state index contributed by atoms with van der Waals surface area (Å²) >= 11 is 0. The zero-order valence-corrected chi connectivity index (χ0v) is 14.0. The Morgan fingerprint density at radius 2 is 1.87 bits per heavy atom. The topological polar surface area (TPSA) is 30.3 Å². The van der Waals surface area contributed by atoms with Crippen LogP contribution in [0, 0.1) is 23.2 Å². The van der Waals surface area contributed by atoms with Gasteiger partial charge in [-0.25, -0.2) is 0 Å². The second-order valence-corrected chi connectivity index (χ2v) is 7.60. The summed E-state index contributed by atoms with van der Waals surface area (Å²) in [5.74, 6) is 1.16. The number of hydrogen-bond acceptors (Lipinski definition) is 3. The average Bonchev–Trinajstić information content (AvgIpc) is 3.23. The van der Waals surface area contributed by atoms with Crippen LogP contribution in [0.25, 0.3) is 0 Å². The van der Waals surface area contributed by atoms with Gasteiger partial charge in [0.15, 0.2) is 0 Å². The Bertz CT molecular complexity index is 583. The van der Waals surface area contributed by atoms with Crippen molar-refractivity contribution >= 4 is 5.69 Å². The Kier molecular flexibility index (Phi) is 4.27. The molecule has 3 heteroatoms. The van der Waals surface area contributed by atoms with Crippen molar-refractivity contribution in [2.75, 3.05) is 31.1 Å². The third-order valence-corrected chi connectivity index (χ3v) is 6.21. The number of piperidine rings is 1. The lowest BCUT2D eigenvalue weighted by atomic mass is 9.94. The van der Waals surface area contributed by atoms with E-state index in [2.05, 4.69) is 40.1 Å². The van der Waals surface area contributed by atoms with Gasteiger partial charge in [0.05, 0.1) is 6.07 Å². The molecule has 2 fully saturated rings. The highest BCUT2D eigenvalue weighted by Crippen LogP contribution is 2.33. The fraction of sp³-hybridized carbons (Fsp3) is 0.650. The zero-order chi connectivity index (χ0) is 15.6. The molecule has 1 aliphatic carbocycles. The minimum Gasteiger partial charge on any atom is -0.371 e. The van der Waals surface area contributed by atoms with Gasteiger partial charge in [-0.15, -0.1) is 0 Å². The lowest BCUT2D eigenvalue weighted by Crippen LogP contribution is -2.42. The highest BCUT2D eigenvalue weighted by Gasteiger charge is 2.32. The Morgan fingerprint density at radius 1 is 1.04 bits per heavy atom. The minimum absolute atomic E-state index is 0.318. The van der Waals surface area contributed by atoms with Crippen molar-refractivity contribution in [3.05, 3.63) is 29.8 Å². The summed E-state index contributed by atoms with van der Waals surface area (Å²) in [6.07, 6.45) is 7.33. The fourth-order valence-electron chi connectivity index (χ4n) is 4.82. The molecule has 2 atom stereocenters. The molecule has 1 aromatic carbocycles. The van der Waals surface area contributed by atoms with E-state index in [-0.39, 0.29) is 0 Å². The molecule has 23 heavy (non-hydrogen) atoms. The van der Waals surface area contributed by atoms with E-state index in [0.717, 1.165) is 18.8 Å². The zero-order valence-electron chi connectivity index (χ0n) is 14.0. The average molecular weight is 309 g/mol. The summed E-state index contributed by atoms with van der Waals surface area (Å²) in [5, 5.41) is 9.09. The summed E-state index contributed by atoms with van der Waals surface area (Å²) in [5.41, 5.74) is 3.00. The molecule has 3 nitrogen and oxygen atoms in total. The van der Waals surface area contributed by atoms with Crippen molar-refractivity contribution in [3.63, 3.8) is 0 Å². The van der Waals surface area contributed by atoms with Gasteiger partial charge in [0.25, 0.3) is 0 Å². The van der Waals surface area contributed by atoms with Gasteiger partial charge in [0, 0.05) is 30.7 Å². The van der Waals surface area contributed by atoms with Crippen LogP contribution >= 0.6 is 0 Å². The third-order valence-electron chi connectivity index (χ3n) is 6.21. The van der Waals surface area contributed by atoms with Crippen molar-refractivity contribution in [3.8, 4) is 6.07 Å². The molecule has 1 aromatic rings. The van der Waals surface area contributed by atoms with E-state index in [1.807, 2.05) is 0 Å². The highest BCUT2D eigenvalue weighted by molar-refractivity contribution is 5.57. The molecule has 2 aliphatic heterocycles. The minimum atomic E-state index is 0.318. The summed E-state index contributed by atoms with van der Waals surface area (Å²) in [4.78, 5) is 5.28. The van der Waals surface area contributed by atoms with E-state index in [1.54, 1.807) is 0 Å². The molecule has 0 unspecified atom stereocenters. The second-order valence-electron chi connectivity index (χ2n) is 7.60. The van der Waals surface area contributed by atoms with Crippen LogP contribution in [0.15, 0.2) is 24.3 Å². The maximum Gasteiger partial charge on any atom is 0.0656 e. The quantitative estimate of drug-likeness (QED) is 0.856. The molecule has 1 saturated carbocycles. The van der Waals surface area contributed by atoms with Crippen molar-refractivity contribution in [1.82, 2.24) is 4.90 Å². The number of para-hydroxylation sites is 1. The maximum absolute atomic E-state index is 9.09. The first kappa shape index (κ1) is 15.0. The van der Waals surface area contributed by atoms with Gasteiger partial charge in [-0.05, 0) is 69.2 Å². The number of hydrogen-bond donors (Lipinski definition) is 0. The van der Waals surface area contributed by atoms with Gasteiger partial charge >= 0.3 is 0 Å². The van der Waals surface area contributed by atoms with Crippen LogP contribution in [0.4, 0.5) is 5.69 Å². The van der Waals surface area contributed by atoms with Crippen molar-refractivity contribution in [1.29, 1.82) is 5.26 Å². The van der Waals surface area contributed by atoms with E-state index < -0.39 is 0 Å². The molecule has 0 radical (unpaired) electrons. The first-order valence-electron chi connectivity index (χ1n) is 9.30. The van der Waals surface area contributed by atoms with Crippen LogP contribution < -0.4 is 4.90 Å². The maximum atomic E-state index is 9.09. The first-order valence-corrected chi connectivity index (χ1v) is 9.30. The number of anilines is 1. The van der Waals surface area contributed by atoms with Crippen molar-refractivity contribution < 1.29 is 0 Å². The van der Waals surface area contributed by atoms with Crippen LogP contribution in [0.1, 0.15) is 37.7 Å². The van der Waals surface area contributed by atoms with Gasteiger partial charge in [-0.2, -0.15) is 5.26 Å². The number of fused-ring (bicyclic) bond motifs is 1. The predicted octanol–water partition coefficient (Wildman–Crippen LogP) is 3.45. The SMILES string of the molecule is N#C[C@H]1CC[C@@H](N2CCC(CN3CCc4ccccc43)CC2)C1. The summed E-state index contributed by atoms with van der Waals surface area (Å²) in [6.45, 7) is 4.91. The van der Waals surface area contributed by atoms with E-state index >= 15 is 0 Å². The predicted molar refractivity (Wildman–Crippen MR) is 93.4 cm³/mol. The van der Waals surface area contributed by atoms with E-state index in [4.69, 9.17) is 5.26 Å². The van der Waals surface area contributed by atoms with Crippen LogP contribution in [0.3, 0.4) is 0 Å². The number of nitrogens with zero attached hydrogens (tertiary/aromatic N) is 3. The molecule has 0 amide bonds. The molecule has 0 N–H and O–H groups in total. The van der Waals surface area contributed by atoms with Crippen LogP contribution in [-0.4, -0.2) is 37.1 Å². The van der Waals surface area contributed by atoms with Gasteiger partial charge < -0.3 is 9.80 Å². The lowest BCUT2D eigenvalue weighted by molar-refractivity contribution is 0.134. The second kappa shape index (κ2) is 6.53. The van der Waals surface area contributed by atoms with Gasteiger partial charge in [0.1, 0.15) is 0 Å². The monoisotopic (exact) mass is 309 g/mol. The number of nitriles is 1. The summed E-state index contributed by atoms with van der Waals surface area (Å²) < 4.78 is 0. The molecule has 4 rings (SSSR count). The highest BCUT2D eigenvalue weighted by atomic mass is 15.2. The molecule has 0 bridgehead atoms. The van der Waals surface area contributed by atoms with Gasteiger partial charge in [0.2, 0.25) is 0 Å². The lowest BCUT2D eigenvalue weighted by Gasteiger charge is -2.37. The largest absolute Gasteiger partial charge is 0.371 e. The van der Waals surface area contributed by atoms with Crippen LogP contribution in [-0.2, 0) is 6.42 Å². The number of rotatable bonds is 3. The standard InChI is InChI=1S/C20H27N3/c21-14-17-5-6-19(13-17)22-10-7-16(8-11-22)15-23-12-9-18-3-1-2-4-20(18)23/h1-4,16-17,19H,5-13,15H2/t17-,19+/m0/s1. The molecular weight excluding hydrogens is 282 g/mol. The smallest absolute Gasteiger partial charge is 0.0656 e. The Morgan fingerprint density at radius 3 is 2.65 bits per heavy atom. The summed E-state index contributed by atoms with van der Waals surface area (Å²) in [6, 6.07) is 12.1. The number of likely N-dealkylation sites (tertiary alicyclic amines) is 1. The molecule has 0 aromatic heterocycles. The van der Waals surface area contributed by atoms with Crippen LogP contribution in [0.2, 0.25) is 0 Å². The van der Waals surface area contributed by atoms with Crippen LogP contribution in [0.5, 0.6) is 0 Å². The number of benzene rings is 1. The summed E-state index contributed by atoms with van der Waals surface area (Å²) in [7, 11) is 0. The molecule has 3 aliphatic rings. The van der Waals surface area contributed by atoms with Gasteiger partial charge in [-0.3, -0.25) is 0 Å². The molecule has 1 saturated heterocycles. The van der Waals surface area contributed by atoms with E-state index in [0.29, 0.717) is 12.0 Å². The fourth-order valence-corrected chi connectivity index (χ4v) is 4.82. The first-order chi connectivity index (χ1) is 11.3. The van der Waals surface area contributed by atoms with Gasteiger partial charge in [-0.1, -0.05) is 18.2 Å². The van der Waals surface area contributed by atoms with E-state index in [9.17, 15) is 0 Å². The molecule has 2 heterocycles. The molecular formula is C20H27N3. The normalized spacial score (nSPS) is 28.7.